The molecule has 0 spiro atoms. The standard InChI is InChI=1S/C17H22BrClO2/c1-3-21-17(8-4-5-12(2)11-17)16(20)9-13-6-7-14(18)10-15(13)19/h6-7,10,12H,3-5,8-9,11H2,1-2H3. The lowest BCUT2D eigenvalue weighted by atomic mass is 9.75. The second-order valence-electron chi connectivity index (χ2n) is 5.96. The number of benzene rings is 1. The summed E-state index contributed by atoms with van der Waals surface area (Å²) in [5, 5.41) is 0.633. The summed E-state index contributed by atoms with van der Waals surface area (Å²) in [5.74, 6) is 0.703. The van der Waals surface area contributed by atoms with Gasteiger partial charge in [-0.2, -0.15) is 0 Å². The molecule has 0 saturated heterocycles. The molecule has 0 amide bonds. The third-order valence-electron chi connectivity index (χ3n) is 4.25. The minimum Gasteiger partial charge on any atom is -0.367 e. The molecule has 1 aliphatic rings. The monoisotopic (exact) mass is 372 g/mol. The van der Waals surface area contributed by atoms with Gasteiger partial charge in [0.15, 0.2) is 5.78 Å². The molecule has 1 saturated carbocycles. The third kappa shape index (κ3) is 4.08. The Morgan fingerprint density at radius 3 is 2.90 bits per heavy atom. The Balaban J connectivity index is 2.18. The number of Topliss-reactive ketones (excluding diaryl/α,β-unsaturated/α-hetero) is 1. The highest BCUT2D eigenvalue weighted by Gasteiger charge is 2.42. The number of hydrogen-bond donors (Lipinski definition) is 0. The Morgan fingerprint density at radius 2 is 2.29 bits per heavy atom. The van der Waals surface area contributed by atoms with Crippen LogP contribution in [0.2, 0.25) is 5.02 Å². The van der Waals surface area contributed by atoms with Gasteiger partial charge in [-0.3, -0.25) is 4.79 Å². The van der Waals surface area contributed by atoms with Crippen LogP contribution >= 0.6 is 27.5 Å². The first-order valence-corrected chi connectivity index (χ1v) is 8.75. The summed E-state index contributed by atoms with van der Waals surface area (Å²) in [7, 11) is 0. The average molecular weight is 374 g/mol. The summed E-state index contributed by atoms with van der Waals surface area (Å²) in [6.07, 6.45) is 4.24. The molecule has 1 aromatic carbocycles. The normalized spacial score (nSPS) is 25.8. The first kappa shape index (κ1) is 17.0. The van der Waals surface area contributed by atoms with Crippen molar-refractivity contribution >= 4 is 33.3 Å². The van der Waals surface area contributed by atoms with Gasteiger partial charge in [0.2, 0.25) is 0 Å². The maximum atomic E-state index is 12.9. The topological polar surface area (TPSA) is 26.3 Å². The first-order chi connectivity index (χ1) is 9.97. The Labute approximate surface area is 140 Å². The van der Waals surface area contributed by atoms with Gasteiger partial charge in [-0.15, -0.1) is 0 Å². The van der Waals surface area contributed by atoms with Crippen LogP contribution in [0, 0.1) is 5.92 Å². The fourth-order valence-electron chi connectivity index (χ4n) is 3.24. The van der Waals surface area contributed by atoms with Crippen molar-refractivity contribution in [2.24, 2.45) is 5.92 Å². The van der Waals surface area contributed by atoms with Crippen molar-refractivity contribution in [3.8, 4) is 0 Å². The van der Waals surface area contributed by atoms with E-state index < -0.39 is 5.60 Å². The van der Waals surface area contributed by atoms with E-state index in [4.69, 9.17) is 16.3 Å². The lowest BCUT2D eigenvalue weighted by Crippen LogP contribution is -2.46. The summed E-state index contributed by atoms with van der Waals surface area (Å²) >= 11 is 9.63. The number of carbonyl (C=O) groups is 1. The van der Waals surface area contributed by atoms with Gasteiger partial charge >= 0.3 is 0 Å². The van der Waals surface area contributed by atoms with Gasteiger partial charge in [-0.05, 0) is 49.8 Å². The van der Waals surface area contributed by atoms with Crippen LogP contribution in [0.25, 0.3) is 0 Å². The lowest BCUT2D eigenvalue weighted by Gasteiger charge is -2.38. The van der Waals surface area contributed by atoms with Crippen LogP contribution < -0.4 is 0 Å². The molecule has 1 aliphatic carbocycles. The van der Waals surface area contributed by atoms with Crippen molar-refractivity contribution in [1.82, 2.24) is 0 Å². The molecule has 1 fully saturated rings. The summed E-state index contributed by atoms with van der Waals surface area (Å²) in [6, 6.07) is 5.67. The molecule has 0 aromatic heterocycles. The molecular weight excluding hydrogens is 352 g/mol. The molecule has 0 heterocycles. The predicted octanol–water partition coefficient (Wildman–Crippen LogP) is 5.20. The largest absolute Gasteiger partial charge is 0.367 e. The van der Waals surface area contributed by atoms with Crippen LogP contribution in [0.4, 0.5) is 0 Å². The third-order valence-corrected chi connectivity index (χ3v) is 5.10. The molecule has 0 N–H and O–H groups in total. The minimum absolute atomic E-state index is 0.167. The number of hydrogen-bond acceptors (Lipinski definition) is 2. The van der Waals surface area contributed by atoms with E-state index in [1.165, 1.54) is 6.42 Å². The Bertz CT molecular complexity index is 514. The van der Waals surface area contributed by atoms with Crippen LogP contribution in [0.1, 0.15) is 45.1 Å². The van der Waals surface area contributed by atoms with E-state index >= 15 is 0 Å². The van der Waals surface area contributed by atoms with Gasteiger partial charge < -0.3 is 4.74 Å². The van der Waals surface area contributed by atoms with Gasteiger partial charge in [-0.1, -0.05) is 46.9 Å². The van der Waals surface area contributed by atoms with Crippen molar-refractivity contribution in [3.05, 3.63) is 33.3 Å². The fraction of sp³-hybridized carbons (Fsp3) is 0.588. The smallest absolute Gasteiger partial charge is 0.169 e. The highest BCUT2D eigenvalue weighted by molar-refractivity contribution is 9.10. The average Bonchev–Trinajstić information content (AvgIpc) is 2.42. The highest BCUT2D eigenvalue weighted by Crippen LogP contribution is 2.37. The molecule has 116 valence electrons. The Morgan fingerprint density at radius 1 is 1.52 bits per heavy atom. The zero-order valence-electron chi connectivity index (χ0n) is 12.6. The van der Waals surface area contributed by atoms with Crippen LogP contribution in [-0.2, 0) is 16.0 Å². The quantitative estimate of drug-likeness (QED) is 0.709. The zero-order valence-corrected chi connectivity index (χ0v) is 15.0. The lowest BCUT2D eigenvalue weighted by molar-refractivity contribution is -0.150. The van der Waals surface area contributed by atoms with E-state index in [9.17, 15) is 4.79 Å². The van der Waals surface area contributed by atoms with Crippen molar-refractivity contribution in [2.45, 2.75) is 51.6 Å². The SMILES string of the molecule is CCOC1(C(=O)Cc2ccc(Br)cc2Cl)CCCC(C)C1. The van der Waals surface area contributed by atoms with Crippen LogP contribution in [-0.4, -0.2) is 18.0 Å². The van der Waals surface area contributed by atoms with E-state index in [0.29, 0.717) is 24.0 Å². The van der Waals surface area contributed by atoms with E-state index in [1.54, 1.807) is 0 Å². The summed E-state index contributed by atoms with van der Waals surface area (Å²) in [5.41, 5.74) is 0.269. The van der Waals surface area contributed by atoms with Gasteiger partial charge in [0, 0.05) is 22.5 Å². The minimum atomic E-state index is -0.608. The number of ketones is 1. The Kier molecular flexibility index (Phi) is 5.87. The maximum absolute atomic E-state index is 12.9. The molecule has 21 heavy (non-hydrogen) atoms. The zero-order chi connectivity index (χ0) is 15.5. The van der Waals surface area contributed by atoms with Crippen molar-refractivity contribution in [2.75, 3.05) is 6.61 Å². The number of halogens is 2. The van der Waals surface area contributed by atoms with Gasteiger partial charge in [0.05, 0.1) is 0 Å². The summed E-state index contributed by atoms with van der Waals surface area (Å²) in [6.45, 7) is 4.74. The summed E-state index contributed by atoms with van der Waals surface area (Å²) < 4.78 is 6.86. The van der Waals surface area contributed by atoms with Gasteiger partial charge in [-0.25, -0.2) is 0 Å². The molecule has 2 atom stereocenters. The van der Waals surface area contributed by atoms with Crippen LogP contribution in [0.15, 0.2) is 22.7 Å². The molecule has 2 nitrogen and oxygen atoms in total. The fourth-order valence-corrected chi connectivity index (χ4v) is 3.98. The van der Waals surface area contributed by atoms with Crippen molar-refractivity contribution in [3.63, 3.8) is 0 Å². The molecule has 4 heteroatoms. The van der Waals surface area contributed by atoms with Crippen molar-refractivity contribution < 1.29 is 9.53 Å². The molecule has 0 bridgehead atoms. The first-order valence-electron chi connectivity index (χ1n) is 7.58. The van der Waals surface area contributed by atoms with Crippen molar-refractivity contribution in [1.29, 1.82) is 0 Å². The highest BCUT2D eigenvalue weighted by atomic mass is 79.9. The van der Waals surface area contributed by atoms with E-state index in [2.05, 4.69) is 22.9 Å². The molecule has 2 unspecified atom stereocenters. The van der Waals surface area contributed by atoms with E-state index in [1.807, 2.05) is 25.1 Å². The second-order valence-corrected chi connectivity index (χ2v) is 7.29. The molecule has 1 aromatic rings. The number of carbonyl (C=O) groups excluding carboxylic acids is 1. The second kappa shape index (κ2) is 7.26. The van der Waals surface area contributed by atoms with Gasteiger partial charge in [0.1, 0.15) is 5.60 Å². The predicted molar refractivity (Wildman–Crippen MR) is 89.9 cm³/mol. The number of ether oxygens (including phenoxy) is 1. The van der Waals surface area contributed by atoms with Crippen LogP contribution in [0.5, 0.6) is 0 Å². The molecule has 2 rings (SSSR count). The van der Waals surface area contributed by atoms with E-state index in [0.717, 1.165) is 29.3 Å². The number of rotatable bonds is 5. The Hall–Kier alpha value is -0.380. The molecule has 0 radical (unpaired) electrons. The van der Waals surface area contributed by atoms with Crippen LogP contribution in [0.3, 0.4) is 0 Å². The molecular formula is C17H22BrClO2. The molecule has 0 aliphatic heterocycles. The maximum Gasteiger partial charge on any atom is 0.169 e. The van der Waals surface area contributed by atoms with Gasteiger partial charge in [0.25, 0.3) is 0 Å². The van der Waals surface area contributed by atoms with E-state index in [-0.39, 0.29) is 5.78 Å². The summed E-state index contributed by atoms with van der Waals surface area (Å²) in [4.78, 5) is 12.9.